The van der Waals surface area contributed by atoms with Crippen LogP contribution in [0.5, 0.6) is 0 Å². The summed E-state index contributed by atoms with van der Waals surface area (Å²) < 4.78 is 11.3. The van der Waals surface area contributed by atoms with Crippen molar-refractivity contribution in [2.75, 3.05) is 0 Å². The Kier molecular flexibility index (Phi) is 1.90. The van der Waals surface area contributed by atoms with Crippen LogP contribution < -0.4 is 0 Å². The Labute approximate surface area is 63.6 Å². The third kappa shape index (κ3) is 0.991. The molecule has 1 atom stereocenters. The molecule has 1 aliphatic rings. The van der Waals surface area contributed by atoms with Gasteiger partial charge in [-0.3, -0.25) is 0 Å². The van der Waals surface area contributed by atoms with Crippen LogP contribution in [0.15, 0.2) is 34.1 Å². The van der Waals surface area contributed by atoms with E-state index in [1.807, 2.05) is 19.9 Å². The lowest BCUT2D eigenvalue weighted by molar-refractivity contribution is 0.691. The molecule has 0 aliphatic carbocycles. The molecule has 0 aromatic rings. The summed E-state index contributed by atoms with van der Waals surface area (Å²) in [5, 5.41) is 0. The highest BCUT2D eigenvalue weighted by atomic mass is 32.2. The third-order valence-electron chi connectivity index (χ3n) is 1.61. The van der Waals surface area contributed by atoms with Crippen molar-refractivity contribution in [3.8, 4) is 0 Å². The van der Waals surface area contributed by atoms with Crippen molar-refractivity contribution in [1.29, 1.82) is 0 Å². The molecule has 0 spiro atoms. The average molecular weight is 154 g/mol. The van der Waals surface area contributed by atoms with Crippen LogP contribution in [0.3, 0.4) is 0 Å². The van der Waals surface area contributed by atoms with Crippen molar-refractivity contribution in [2.24, 2.45) is 0 Å². The maximum Gasteiger partial charge on any atom is 0.0808 e. The summed E-state index contributed by atoms with van der Waals surface area (Å²) in [4.78, 5) is 1.78. The minimum atomic E-state index is -0.913. The highest BCUT2D eigenvalue weighted by molar-refractivity contribution is 7.93. The second-order valence-corrected chi connectivity index (χ2v) is 3.88. The summed E-state index contributed by atoms with van der Waals surface area (Å²) in [5.41, 5.74) is 1.10. The molecular weight excluding hydrogens is 144 g/mol. The summed E-state index contributed by atoms with van der Waals surface area (Å²) in [6, 6.07) is 0. The molecule has 0 radical (unpaired) electrons. The minimum Gasteiger partial charge on any atom is -0.249 e. The van der Waals surface area contributed by atoms with Gasteiger partial charge in [-0.2, -0.15) is 0 Å². The molecule has 1 aliphatic heterocycles. The Hall–Kier alpha value is -0.630. The molecular formula is C8H10OS. The zero-order valence-corrected chi connectivity index (χ0v) is 6.99. The molecule has 0 saturated heterocycles. The predicted octanol–water partition coefficient (Wildman–Crippen LogP) is 2.11. The quantitative estimate of drug-likeness (QED) is 0.565. The van der Waals surface area contributed by atoms with Gasteiger partial charge in [0.15, 0.2) is 0 Å². The highest BCUT2D eigenvalue weighted by Crippen LogP contribution is 2.25. The van der Waals surface area contributed by atoms with Gasteiger partial charge in [-0.05, 0) is 25.5 Å². The lowest BCUT2D eigenvalue weighted by Crippen LogP contribution is -1.86. The summed E-state index contributed by atoms with van der Waals surface area (Å²) in [6.45, 7) is 7.42. The molecule has 1 nitrogen and oxygen atoms in total. The van der Waals surface area contributed by atoms with Crippen molar-refractivity contribution in [3.05, 3.63) is 34.1 Å². The number of allylic oxidation sites excluding steroid dienone is 4. The van der Waals surface area contributed by atoms with Gasteiger partial charge in [-0.1, -0.05) is 12.7 Å². The SMILES string of the molecule is C=CC1=CC(C)=C(C)S1=O. The number of hydrogen-bond acceptors (Lipinski definition) is 1. The van der Waals surface area contributed by atoms with E-state index < -0.39 is 10.8 Å². The first-order valence-electron chi connectivity index (χ1n) is 3.10. The zero-order valence-electron chi connectivity index (χ0n) is 6.18. The molecule has 0 saturated carbocycles. The van der Waals surface area contributed by atoms with E-state index in [0.29, 0.717) is 0 Å². The zero-order chi connectivity index (χ0) is 7.72. The van der Waals surface area contributed by atoms with Crippen LogP contribution >= 0.6 is 0 Å². The van der Waals surface area contributed by atoms with Gasteiger partial charge in [0, 0.05) is 9.81 Å². The van der Waals surface area contributed by atoms with E-state index in [2.05, 4.69) is 6.58 Å². The molecule has 1 unspecified atom stereocenters. The molecule has 2 heteroatoms. The van der Waals surface area contributed by atoms with Gasteiger partial charge in [0.1, 0.15) is 0 Å². The fourth-order valence-electron chi connectivity index (χ4n) is 0.826. The Morgan fingerprint density at radius 2 is 2.20 bits per heavy atom. The van der Waals surface area contributed by atoms with E-state index in [-0.39, 0.29) is 0 Å². The molecule has 0 aromatic carbocycles. The first kappa shape index (κ1) is 7.48. The van der Waals surface area contributed by atoms with E-state index in [9.17, 15) is 4.21 Å². The van der Waals surface area contributed by atoms with Crippen LogP contribution in [0.2, 0.25) is 0 Å². The van der Waals surface area contributed by atoms with E-state index in [1.165, 1.54) is 0 Å². The van der Waals surface area contributed by atoms with Crippen LogP contribution in [0.4, 0.5) is 0 Å². The molecule has 1 rings (SSSR count). The molecule has 10 heavy (non-hydrogen) atoms. The molecule has 1 heterocycles. The molecule has 0 N–H and O–H groups in total. The predicted molar refractivity (Wildman–Crippen MR) is 44.8 cm³/mol. The maximum atomic E-state index is 11.3. The van der Waals surface area contributed by atoms with Gasteiger partial charge < -0.3 is 0 Å². The average Bonchev–Trinajstić information content (AvgIpc) is 2.17. The largest absolute Gasteiger partial charge is 0.249 e. The van der Waals surface area contributed by atoms with Crippen molar-refractivity contribution >= 4 is 10.8 Å². The second kappa shape index (κ2) is 2.54. The Balaban J connectivity index is 3.06. The lowest BCUT2D eigenvalue weighted by atomic mass is 10.3. The first-order chi connectivity index (χ1) is 4.66. The summed E-state index contributed by atoms with van der Waals surface area (Å²) in [7, 11) is -0.913. The van der Waals surface area contributed by atoms with Crippen molar-refractivity contribution in [2.45, 2.75) is 13.8 Å². The van der Waals surface area contributed by atoms with Crippen molar-refractivity contribution < 1.29 is 4.21 Å². The first-order valence-corrected chi connectivity index (χ1v) is 4.25. The fraction of sp³-hybridized carbons (Fsp3) is 0.250. The van der Waals surface area contributed by atoms with E-state index >= 15 is 0 Å². The Morgan fingerprint density at radius 3 is 2.40 bits per heavy atom. The summed E-state index contributed by atoms with van der Waals surface area (Å²) >= 11 is 0. The summed E-state index contributed by atoms with van der Waals surface area (Å²) in [5.74, 6) is 0. The molecule has 54 valence electrons. The maximum absolute atomic E-state index is 11.3. The van der Waals surface area contributed by atoms with Crippen LogP contribution in [-0.4, -0.2) is 4.21 Å². The van der Waals surface area contributed by atoms with Gasteiger partial charge in [-0.25, -0.2) is 4.21 Å². The topological polar surface area (TPSA) is 17.1 Å². The number of hydrogen-bond donors (Lipinski definition) is 0. The Morgan fingerprint density at radius 1 is 1.60 bits per heavy atom. The highest BCUT2D eigenvalue weighted by Gasteiger charge is 2.14. The Bertz CT molecular complexity index is 258. The monoisotopic (exact) mass is 154 g/mol. The second-order valence-electron chi connectivity index (χ2n) is 2.26. The minimum absolute atomic E-state index is 0.829. The molecule has 0 fully saturated rings. The van der Waals surface area contributed by atoms with Gasteiger partial charge in [0.2, 0.25) is 0 Å². The van der Waals surface area contributed by atoms with Crippen molar-refractivity contribution in [1.82, 2.24) is 0 Å². The smallest absolute Gasteiger partial charge is 0.0808 e. The van der Waals surface area contributed by atoms with Crippen LogP contribution in [0.1, 0.15) is 13.8 Å². The van der Waals surface area contributed by atoms with Gasteiger partial charge >= 0.3 is 0 Å². The van der Waals surface area contributed by atoms with Gasteiger partial charge in [0.05, 0.1) is 10.8 Å². The van der Waals surface area contributed by atoms with E-state index in [4.69, 9.17) is 0 Å². The molecule has 0 bridgehead atoms. The van der Waals surface area contributed by atoms with Crippen LogP contribution in [0, 0.1) is 0 Å². The molecule has 0 aromatic heterocycles. The van der Waals surface area contributed by atoms with Crippen molar-refractivity contribution in [3.63, 3.8) is 0 Å². The number of rotatable bonds is 1. The normalized spacial score (nSPS) is 25.0. The van der Waals surface area contributed by atoms with E-state index in [0.717, 1.165) is 15.4 Å². The lowest BCUT2D eigenvalue weighted by Gasteiger charge is -1.92. The van der Waals surface area contributed by atoms with Crippen LogP contribution in [-0.2, 0) is 10.8 Å². The third-order valence-corrected chi connectivity index (χ3v) is 3.20. The molecule has 0 amide bonds. The standard InChI is InChI=1S/C8H10OS/c1-4-8-5-6(2)7(3)10(8)9/h4-5H,1H2,2-3H3. The van der Waals surface area contributed by atoms with E-state index in [1.54, 1.807) is 6.08 Å². The fourth-order valence-corrected chi connectivity index (χ4v) is 1.97. The summed E-state index contributed by atoms with van der Waals surface area (Å²) in [6.07, 6.45) is 3.56. The van der Waals surface area contributed by atoms with Crippen LogP contribution in [0.25, 0.3) is 0 Å². The van der Waals surface area contributed by atoms with Gasteiger partial charge in [-0.15, -0.1) is 0 Å². The van der Waals surface area contributed by atoms with Gasteiger partial charge in [0.25, 0.3) is 0 Å².